The average molecular weight is 356 g/mol. The predicted octanol–water partition coefficient (Wildman–Crippen LogP) is 2.97. The Morgan fingerprint density at radius 2 is 2.12 bits per heavy atom. The van der Waals surface area contributed by atoms with Crippen molar-refractivity contribution in [1.82, 2.24) is 9.88 Å². The van der Waals surface area contributed by atoms with E-state index in [2.05, 4.69) is 4.98 Å². The number of aromatic nitrogens is 1. The number of esters is 1. The molecule has 1 unspecified atom stereocenters. The number of aryl methyl sites for hydroxylation is 1. The van der Waals surface area contributed by atoms with Gasteiger partial charge in [0.15, 0.2) is 0 Å². The number of hydrogen-bond donors (Lipinski definition) is 0. The lowest BCUT2D eigenvalue weighted by molar-refractivity contribution is -0.149. The molecule has 0 saturated carbocycles. The molecule has 0 bridgehead atoms. The number of rotatable bonds is 4. The Bertz CT molecular complexity index is 834. The van der Waals surface area contributed by atoms with E-state index >= 15 is 0 Å². The third kappa shape index (κ3) is 3.64. The van der Waals surface area contributed by atoms with Crippen LogP contribution < -0.4 is 4.74 Å². The quantitative estimate of drug-likeness (QED) is 0.788. The second-order valence-corrected chi connectivity index (χ2v) is 6.52. The molecule has 26 heavy (non-hydrogen) atoms. The van der Waals surface area contributed by atoms with Crippen LogP contribution in [0, 0.1) is 12.8 Å². The van der Waals surface area contributed by atoms with Crippen molar-refractivity contribution in [3.05, 3.63) is 35.5 Å². The van der Waals surface area contributed by atoms with E-state index in [4.69, 9.17) is 9.47 Å². The van der Waals surface area contributed by atoms with Crippen molar-refractivity contribution in [3.63, 3.8) is 0 Å². The van der Waals surface area contributed by atoms with Crippen molar-refractivity contribution in [3.8, 4) is 5.75 Å². The highest BCUT2D eigenvalue weighted by molar-refractivity contribution is 5.99. The maximum Gasteiger partial charge on any atom is 0.310 e. The van der Waals surface area contributed by atoms with Crippen molar-refractivity contribution in [2.24, 2.45) is 5.92 Å². The molecular formula is C20H24N2O4. The number of benzene rings is 1. The first kappa shape index (κ1) is 18.2. The van der Waals surface area contributed by atoms with Crippen LogP contribution in [0.2, 0.25) is 0 Å². The Morgan fingerprint density at radius 3 is 2.85 bits per heavy atom. The van der Waals surface area contributed by atoms with Gasteiger partial charge >= 0.3 is 5.97 Å². The molecule has 0 aliphatic carbocycles. The van der Waals surface area contributed by atoms with E-state index < -0.39 is 0 Å². The van der Waals surface area contributed by atoms with Gasteiger partial charge < -0.3 is 14.4 Å². The van der Waals surface area contributed by atoms with Gasteiger partial charge in [0.25, 0.3) is 5.91 Å². The van der Waals surface area contributed by atoms with E-state index in [1.54, 1.807) is 18.9 Å². The summed E-state index contributed by atoms with van der Waals surface area (Å²) in [5.41, 5.74) is 2.07. The molecule has 2 aromatic rings. The molecule has 0 spiro atoms. The van der Waals surface area contributed by atoms with E-state index in [-0.39, 0.29) is 17.8 Å². The summed E-state index contributed by atoms with van der Waals surface area (Å²) in [6, 6.07) is 7.46. The summed E-state index contributed by atoms with van der Waals surface area (Å²) in [4.78, 5) is 31.4. The van der Waals surface area contributed by atoms with Gasteiger partial charge in [0.05, 0.1) is 36.4 Å². The summed E-state index contributed by atoms with van der Waals surface area (Å²) < 4.78 is 10.4. The number of pyridine rings is 1. The van der Waals surface area contributed by atoms with Gasteiger partial charge in [-0.1, -0.05) is 0 Å². The minimum atomic E-state index is -0.249. The Kier molecular flexibility index (Phi) is 5.40. The van der Waals surface area contributed by atoms with E-state index in [1.807, 2.05) is 31.2 Å². The molecule has 1 aromatic carbocycles. The number of methoxy groups -OCH3 is 1. The molecule has 6 heteroatoms. The largest absolute Gasteiger partial charge is 0.497 e. The van der Waals surface area contributed by atoms with Gasteiger partial charge in [0, 0.05) is 18.5 Å². The van der Waals surface area contributed by atoms with Gasteiger partial charge in [0.1, 0.15) is 5.75 Å². The normalized spacial score (nSPS) is 17.2. The first-order chi connectivity index (χ1) is 12.5. The molecule has 1 aliphatic heterocycles. The van der Waals surface area contributed by atoms with Gasteiger partial charge in [-0.2, -0.15) is 0 Å². The highest BCUT2D eigenvalue weighted by Gasteiger charge is 2.30. The maximum atomic E-state index is 13.0. The molecule has 0 N–H and O–H groups in total. The molecule has 1 atom stereocenters. The molecule has 1 saturated heterocycles. The molecule has 1 aliphatic rings. The van der Waals surface area contributed by atoms with Crippen LogP contribution in [-0.4, -0.2) is 48.6 Å². The molecule has 3 rings (SSSR count). The Morgan fingerprint density at radius 1 is 1.31 bits per heavy atom. The zero-order chi connectivity index (χ0) is 18.7. The predicted molar refractivity (Wildman–Crippen MR) is 98.3 cm³/mol. The molecule has 1 fully saturated rings. The molecular weight excluding hydrogens is 332 g/mol. The van der Waals surface area contributed by atoms with Gasteiger partial charge in [-0.05, 0) is 51.0 Å². The number of fused-ring (bicyclic) bond motifs is 1. The smallest absolute Gasteiger partial charge is 0.310 e. The first-order valence-corrected chi connectivity index (χ1v) is 8.94. The molecule has 2 heterocycles. The van der Waals surface area contributed by atoms with E-state index in [9.17, 15) is 9.59 Å². The second-order valence-electron chi connectivity index (χ2n) is 6.52. The highest BCUT2D eigenvalue weighted by Crippen LogP contribution is 2.25. The van der Waals surface area contributed by atoms with Crippen LogP contribution in [0.1, 0.15) is 35.8 Å². The SMILES string of the molecule is CCOC(=O)C1CCCN(C(=O)c2cc3cc(OC)ccc3nc2C)C1. The van der Waals surface area contributed by atoms with E-state index in [0.717, 1.165) is 29.5 Å². The number of piperidine rings is 1. The molecule has 0 radical (unpaired) electrons. The number of hydrogen-bond acceptors (Lipinski definition) is 5. The van der Waals surface area contributed by atoms with Gasteiger partial charge in [-0.25, -0.2) is 0 Å². The average Bonchev–Trinajstić information content (AvgIpc) is 2.67. The van der Waals surface area contributed by atoms with Crippen LogP contribution in [0.5, 0.6) is 5.75 Å². The van der Waals surface area contributed by atoms with E-state index in [0.29, 0.717) is 31.0 Å². The van der Waals surface area contributed by atoms with Gasteiger partial charge in [-0.15, -0.1) is 0 Å². The van der Waals surface area contributed by atoms with Crippen LogP contribution in [0.15, 0.2) is 24.3 Å². The summed E-state index contributed by atoms with van der Waals surface area (Å²) in [6.07, 6.45) is 1.55. The van der Waals surface area contributed by atoms with E-state index in [1.165, 1.54) is 0 Å². The summed E-state index contributed by atoms with van der Waals surface area (Å²) in [6.45, 7) is 5.03. The Hall–Kier alpha value is -2.63. The standard InChI is InChI=1S/C20H24N2O4/c1-4-26-20(24)14-6-5-9-22(12-14)19(23)17-11-15-10-16(25-3)7-8-18(15)21-13(17)2/h7-8,10-11,14H,4-6,9,12H2,1-3H3. The van der Waals surface area contributed by atoms with Crippen LogP contribution in [0.3, 0.4) is 0 Å². The molecule has 1 aromatic heterocycles. The zero-order valence-corrected chi connectivity index (χ0v) is 15.4. The number of carbonyl (C=O) groups is 2. The lowest BCUT2D eigenvalue weighted by Crippen LogP contribution is -2.43. The summed E-state index contributed by atoms with van der Waals surface area (Å²) in [5.74, 6) is 0.167. The number of nitrogens with zero attached hydrogens (tertiary/aromatic N) is 2. The minimum absolute atomic E-state index is 0.0891. The summed E-state index contributed by atoms with van der Waals surface area (Å²) >= 11 is 0. The van der Waals surface area contributed by atoms with Crippen molar-refractivity contribution in [2.75, 3.05) is 26.8 Å². The van der Waals surface area contributed by atoms with Crippen LogP contribution in [0.4, 0.5) is 0 Å². The third-order valence-corrected chi connectivity index (χ3v) is 4.77. The maximum absolute atomic E-state index is 13.0. The van der Waals surface area contributed by atoms with Crippen molar-refractivity contribution in [2.45, 2.75) is 26.7 Å². The highest BCUT2D eigenvalue weighted by atomic mass is 16.5. The fraction of sp³-hybridized carbons (Fsp3) is 0.450. The van der Waals surface area contributed by atoms with Gasteiger partial charge in [0.2, 0.25) is 0 Å². The van der Waals surface area contributed by atoms with Crippen LogP contribution >= 0.6 is 0 Å². The minimum Gasteiger partial charge on any atom is -0.497 e. The van der Waals surface area contributed by atoms with Crippen molar-refractivity contribution in [1.29, 1.82) is 0 Å². The van der Waals surface area contributed by atoms with Crippen LogP contribution in [-0.2, 0) is 9.53 Å². The number of ether oxygens (including phenoxy) is 2. The molecule has 1 amide bonds. The Balaban J connectivity index is 1.86. The Labute approximate surface area is 153 Å². The van der Waals surface area contributed by atoms with Crippen molar-refractivity contribution >= 4 is 22.8 Å². The molecule has 138 valence electrons. The second kappa shape index (κ2) is 7.72. The zero-order valence-electron chi connectivity index (χ0n) is 15.4. The lowest BCUT2D eigenvalue weighted by atomic mass is 9.97. The van der Waals surface area contributed by atoms with Gasteiger partial charge in [-0.3, -0.25) is 14.6 Å². The fourth-order valence-electron chi connectivity index (χ4n) is 3.38. The topological polar surface area (TPSA) is 68.7 Å². The number of carbonyl (C=O) groups excluding carboxylic acids is 2. The van der Waals surface area contributed by atoms with Crippen molar-refractivity contribution < 1.29 is 19.1 Å². The monoisotopic (exact) mass is 356 g/mol. The number of amides is 1. The summed E-state index contributed by atoms with van der Waals surface area (Å²) in [7, 11) is 1.61. The molecule has 6 nitrogen and oxygen atoms in total. The summed E-state index contributed by atoms with van der Waals surface area (Å²) in [5, 5.41) is 0.859. The third-order valence-electron chi connectivity index (χ3n) is 4.77. The number of likely N-dealkylation sites (tertiary alicyclic amines) is 1. The fourth-order valence-corrected chi connectivity index (χ4v) is 3.38. The lowest BCUT2D eigenvalue weighted by Gasteiger charge is -2.31. The first-order valence-electron chi connectivity index (χ1n) is 8.94. The van der Waals surface area contributed by atoms with Crippen LogP contribution in [0.25, 0.3) is 10.9 Å².